The Morgan fingerprint density at radius 3 is 2.95 bits per heavy atom. The number of amides is 1. The van der Waals surface area contributed by atoms with Gasteiger partial charge < -0.3 is 5.32 Å². The number of thiazole rings is 1. The van der Waals surface area contributed by atoms with Crippen molar-refractivity contribution in [3.8, 4) is 0 Å². The van der Waals surface area contributed by atoms with Crippen LogP contribution in [0.2, 0.25) is 0 Å². The van der Waals surface area contributed by atoms with Crippen LogP contribution in [-0.4, -0.2) is 27.4 Å². The monoisotopic (exact) mass is 298 g/mol. The fourth-order valence-corrected chi connectivity index (χ4v) is 2.98. The van der Waals surface area contributed by atoms with Crippen molar-refractivity contribution in [2.24, 2.45) is 0 Å². The van der Waals surface area contributed by atoms with Gasteiger partial charge in [0.2, 0.25) is 0 Å². The molecule has 1 N–H and O–H groups in total. The van der Waals surface area contributed by atoms with Gasteiger partial charge in [-0.1, -0.05) is 12.1 Å². The van der Waals surface area contributed by atoms with Gasteiger partial charge in [0.25, 0.3) is 5.91 Å². The quantitative estimate of drug-likeness (QED) is 0.735. The van der Waals surface area contributed by atoms with Gasteiger partial charge in [0.1, 0.15) is 5.69 Å². The van der Waals surface area contributed by atoms with Crippen LogP contribution >= 0.6 is 11.3 Å². The van der Waals surface area contributed by atoms with Gasteiger partial charge in [0, 0.05) is 25.4 Å². The number of para-hydroxylation sites is 1. The summed E-state index contributed by atoms with van der Waals surface area (Å²) in [6, 6.07) is 8.11. The smallest absolute Gasteiger partial charge is 0.271 e. The molecule has 1 amide bonds. The molecule has 0 radical (unpaired) electrons. The largest absolute Gasteiger partial charge is 0.351 e. The van der Waals surface area contributed by atoms with Crippen molar-refractivity contribution < 1.29 is 4.79 Å². The Balaban J connectivity index is 1.49. The molecule has 0 saturated carbocycles. The molecule has 0 aliphatic heterocycles. The van der Waals surface area contributed by atoms with E-state index in [1.165, 1.54) is 17.1 Å². The van der Waals surface area contributed by atoms with Gasteiger partial charge in [-0.05, 0) is 18.6 Å². The Morgan fingerprint density at radius 1 is 1.24 bits per heavy atom. The number of rotatable bonds is 5. The fourth-order valence-electron chi connectivity index (χ4n) is 1.98. The van der Waals surface area contributed by atoms with Crippen LogP contribution in [0.3, 0.4) is 0 Å². The Hall–Kier alpha value is -2.34. The van der Waals surface area contributed by atoms with Gasteiger partial charge in [-0.2, -0.15) is 0 Å². The summed E-state index contributed by atoms with van der Waals surface area (Å²) >= 11 is 1.71. The van der Waals surface area contributed by atoms with Crippen LogP contribution in [-0.2, 0) is 6.42 Å². The molecule has 21 heavy (non-hydrogen) atoms. The highest BCUT2D eigenvalue weighted by Gasteiger charge is 2.06. The van der Waals surface area contributed by atoms with Crippen molar-refractivity contribution in [2.75, 3.05) is 6.54 Å². The first-order chi connectivity index (χ1) is 10.3. The molecule has 0 saturated heterocycles. The molecule has 5 nitrogen and oxygen atoms in total. The molecule has 1 aromatic carbocycles. The van der Waals surface area contributed by atoms with E-state index in [1.54, 1.807) is 17.5 Å². The number of hydrogen-bond acceptors (Lipinski definition) is 5. The van der Waals surface area contributed by atoms with Gasteiger partial charge >= 0.3 is 0 Å². The molecule has 0 fully saturated rings. The molecule has 3 rings (SSSR count). The fraction of sp³-hybridized carbons (Fsp3) is 0.200. The standard InChI is InChI=1S/C15H14N4OS/c20-15(12-10-16-8-9-17-12)18-7-3-6-14-19-11-4-1-2-5-13(11)21-14/h1-2,4-5,8-10H,3,6-7H2,(H,18,20). The number of nitrogens with one attached hydrogen (secondary N) is 1. The van der Waals surface area contributed by atoms with Crippen molar-refractivity contribution in [3.63, 3.8) is 0 Å². The predicted octanol–water partition coefficient (Wildman–Crippen LogP) is 2.45. The van der Waals surface area contributed by atoms with Crippen molar-refractivity contribution in [1.29, 1.82) is 0 Å². The number of nitrogens with zero attached hydrogens (tertiary/aromatic N) is 3. The minimum Gasteiger partial charge on any atom is -0.351 e. The first kappa shape index (κ1) is 13.6. The maximum absolute atomic E-state index is 11.8. The van der Waals surface area contributed by atoms with E-state index in [0.717, 1.165) is 23.4 Å². The molecule has 2 aromatic heterocycles. The second-order valence-electron chi connectivity index (χ2n) is 4.53. The second kappa shape index (κ2) is 6.41. The number of hydrogen-bond donors (Lipinski definition) is 1. The lowest BCUT2D eigenvalue weighted by Crippen LogP contribution is -2.25. The van der Waals surface area contributed by atoms with Crippen LogP contribution in [0.15, 0.2) is 42.9 Å². The number of benzene rings is 1. The van der Waals surface area contributed by atoms with E-state index >= 15 is 0 Å². The van der Waals surface area contributed by atoms with E-state index in [4.69, 9.17) is 0 Å². The van der Waals surface area contributed by atoms with Crippen molar-refractivity contribution in [2.45, 2.75) is 12.8 Å². The van der Waals surface area contributed by atoms with Crippen LogP contribution in [0.4, 0.5) is 0 Å². The molecule has 0 bridgehead atoms. The highest BCUT2D eigenvalue weighted by atomic mass is 32.1. The molecule has 0 unspecified atom stereocenters. The molecular formula is C15H14N4OS. The van der Waals surface area contributed by atoms with Gasteiger partial charge in [-0.25, -0.2) is 9.97 Å². The third kappa shape index (κ3) is 3.41. The summed E-state index contributed by atoms with van der Waals surface area (Å²) in [7, 11) is 0. The normalized spacial score (nSPS) is 10.7. The Bertz CT molecular complexity index is 709. The SMILES string of the molecule is O=C(NCCCc1nc2ccccc2s1)c1cnccn1. The molecule has 0 atom stereocenters. The average molecular weight is 298 g/mol. The van der Waals surface area contributed by atoms with Crippen LogP contribution in [0.1, 0.15) is 21.9 Å². The predicted molar refractivity (Wildman–Crippen MR) is 82.3 cm³/mol. The Labute approximate surface area is 126 Å². The van der Waals surface area contributed by atoms with Crippen molar-refractivity contribution in [3.05, 3.63) is 53.6 Å². The van der Waals surface area contributed by atoms with Crippen LogP contribution in [0, 0.1) is 0 Å². The van der Waals surface area contributed by atoms with E-state index in [9.17, 15) is 4.79 Å². The average Bonchev–Trinajstić information content (AvgIpc) is 2.95. The van der Waals surface area contributed by atoms with Crippen molar-refractivity contribution >= 4 is 27.5 Å². The molecule has 106 valence electrons. The highest BCUT2D eigenvalue weighted by molar-refractivity contribution is 7.18. The molecule has 0 spiro atoms. The van der Waals surface area contributed by atoms with Crippen molar-refractivity contribution in [1.82, 2.24) is 20.3 Å². The van der Waals surface area contributed by atoms with Crippen LogP contribution in [0.5, 0.6) is 0 Å². The summed E-state index contributed by atoms with van der Waals surface area (Å²) in [5.74, 6) is -0.188. The second-order valence-corrected chi connectivity index (χ2v) is 5.64. The zero-order valence-corrected chi connectivity index (χ0v) is 12.1. The van der Waals surface area contributed by atoms with Crippen LogP contribution in [0.25, 0.3) is 10.2 Å². The van der Waals surface area contributed by atoms with Gasteiger partial charge in [0.15, 0.2) is 0 Å². The van der Waals surface area contributed by atoms with Crippen LogP contribution < -0.4 is 5.32 Å². The Kier molecular flexibility index (Phi) is 4.16. The number of fused-ring (bicyclic) bond motifs is 1. The summed E-state index contributed by atoms with van der Waals surface area (Å²) in [6.07, 6.45) is 6.23. The first-order valence-corrected chi connectivity index (χ1v) is 7.53. The molecule has 0 aliphatic rings. The third-order valence-electron chi connectivity index (χ3n) is 2.99. The minimum absolute atomic E-state index is 0.188. The van der Waals surface area contributed by atoms with E-state index in [-0.39, 0.29) is 5.91 Å². The van der Waals surface area contributed by atoms with Gasteiger partial charge in [-0.3, -0.25) is 9.78 Å². The summed E-state index contributed by atoms with van der Waals surface area (Å²) in [4.78, 5) is 24.2. The molecular weight excluding hydrogens is 284 g/mol. The summed E-state index contributed by atoms with van der Waals surface area (Å²) < 4.78 is 1.20. The summed E-state index contributed by atoms with van der Waals surface area (Å²) in [5, 5.41) is 3.94. The summed E-state index contributed by atoms with van der Waals surface area (Å²) in [6.45, 7) is 0.603. The van der Waals surface area contributed by atoms with E-state index in [1.807, 2.05) is 18.2 Å². The maximum Gasteiger partial charge on any atom is 0.271 e. The number of aromatic nitrogens is 3. The maximum atomic E-state index is 11.8. The number of carbonyl (C=O) groups is 1. The number of carbonyl (C=O) groups excluding carboxylic acids is 1. The zero-order chi connectivity index (χ0) is 14.5. The Morgan fingerprint density at radius 2 is 2.14 bits per heavy atom. The lowest BCUT2D eigenvalue weighted by Gasteiger charge is -2.02. The zero-order valence-electron chi connectivity index (χ0n) is 11.3. The number of aryl methyl sites for hydroxylation is 1. The molecule has 6 heteroatoms. The van der Waals surface area contributed by atoms with E-state index < -0.39 is 0 Å². The highest BCUT2D eigenvalue weighted by Crippen LogP contribution is 2.22. The van der Waals surface area contributed by atoms with Gasteiger partial charge in [0.05, 0.1) is 21.4 Å². The topological polar surface area (TPSA) is 67.8 Å². The molecule has 2 heterocycles. The van der Waals surface area contributed by atoms with Gasteiger partial charge in [-0.15, -0.1) is 11.3 Å². The molecule has 3 aromatic rings. The molecule has 0 aliphatic carbocycles. The van der Waals surface area contributed by atoms with E-state index in [2.05, 4.69) is 26.3 Å². The first-order valence-electron chi connectivity index (χ1n) is 6.71. The summed E-state index contributed by atoms with van der Waals surface area (Å²) in [5.41, 5.74) is 1.39. The third-order valence-corrected chi connectivity index (χ3v) is 4.08. The lowest BCUT2D eigenvalue weighted by molar-refractivity contribution is 0.0948. The van der Waals surface area contributed by atoms with E-state index in [0.29, 0.717) is 12.2 Å². The minimum atomic E-state index is -0.188. The lowest BCUT2D eigenvalue weighted by atomic mass is 10.3.